The van der Waals surface area contributed by atoms with Crippen molar-refractivity contribution in [2.45, 2.75) is 6.92 Å². The highest BCUT2D eigenvalue weighted by Gasteiger charge is 2.19. The molecule has 0 atom stereocenters. The number of carbonyl (C=O) groups excluding carboxylic acids is 1. The van der Waals surface area contributed by atoms with Crippen LogP contribution in [0.3, 0.4) is 0 Å². The SMILES string of the molecule is CC1=NC(=Cc2ccc(C#N)cc2)C(=O)O1. The largest absolute Gasteiger partial charge is 0.407 e. The Kier molecular flexibility index (Phi) is 2.52. The van der Waals surface area contributed by atoms with Crippen LogP contribution in [-0.4, -0.2) is 11.9 Å². The molecule has 78 valence electrons. The van der Waals surface area contributed by atoms with Crippen LogP contribution in [0.15, 0.2) is 35.0 Å². The van der Waals surface area contributed by atoms with Gasteiger partial charge < -0.3 is 4.74 Å². The number of benzene rings is 1. The van der Waals surface area contributed by atoms with Gasteiger partial charge in [-0.3, -0.25) is 0 Å². The van der Waals surface area contributed by atoms with Crippen molar-refractivity contribution in [1.29, 1.82) is 5.26 Å². The van der Waals surface area contributed by atoms with E-state index in [2.05, 4.69) is 4.99 Å². The van der Waals surface area contributed by atoms with Gasteiger partial charge in [0.05, 0.1) is 11.6 Å². The monoisotopic (exact) mass is 212 g/mol. The Morgan fingerprint density at radius 2 is 2.06 bits per heavy atom. The molecule has 0 radical (unpaired) electrons. The molecule has 0 spiro atoms. The van der Waals surface area contributed by atoms with Gasteiger partial charge in [0.15, 0.2) is 11.6 Å². The Morgan fingerprint density at radius 1 is 1.38 bits per heavy atom. The molecule has 0 fully saturated rings. The first-order valence-corrected chi connectivity index (χ1v) is 4.68. The Hall–Kier alpha value is -2.41. The lowest BCUT2D eigenvalue weighted by molar-refractivity contribution is -0.130. The van der Waals surface area contributed by atoms with Crippen LogP contribution in [0.5, 0.6) is 0 Å². The zero-order valence-electron chi connectivity index (χ0n) is 8.60. The van der Waals surface area contributed by atoms with E-state index in [1.807, 2.05) is 6.07 Å². The van der Waals surface area contributed by atoms with Gasteiger partial charge >= 0.3 is 5.97 Å². The summed E-state index contributed by atoms with van der Waals surface area (Å²) in [7, 11) is 0. The molecule has 1 aliphatic heterocycles. The van der Waals surface area contributed by atoms with E-state index in [9.17, 15) is 4.79 Å². The minimum Gasteiger partial charge on any atom is -0.407 e. The Morgan fingerprint density at radius 3 is 2.56 bits per heavy atom. The van der Waals surface area contributed by atoms with Crippen molar-refractivity contribution in [2.24, 2.45) is 4.99 Å². The second-order valence-corrected chi connectivity index (χ2v) is 3.28. The molecule has 0 saturated carbocycles. The molecule has 0 saturated heterocycles. The number of esters is 1. The first-order chi connectivity index (χ1) is 7.69. The second-order valence-electron chi connectivity index (χ2n) is 3.28. The molecule has 1 aromatic carbocycles. The van der Waals surface area contributed by atoms with Crippen molar-refractivity contribution < 1.29 is 9.53 Å². The normalized spacial score (nSPS) is 16.9. The number of aliphatic imine (C=N–C) groups is 1. The highest BCUT2D eigenvalue weighted by molar-refractivity contribution is 6.06. The van der Waals surface area contributed by atoms with E-state index >= 15 is 0 Å². The number of ether oxygens (including phenoxy) is 1. The Bertz CT molecular complexity index is 533. The smallest absolute Gasteiger partial charge is 0.363 e. The third kappa shape index (κ3) is 1.98. The summed E-state index contributed by atoms with van der Waals surface area (Å²) >= 11 is 0. The first kappa shape index (κ1) is 10.1. The van der Waals surface area contributed by atoms with E-state index in [1.165, 1.54) is 0 Å². The van der Waals surface area contributed by atoms with E-state index in [0.717, 1.165) is 5.56 Å². The summed E-state index contributed by atoms with van der Waals surface area (Å²) in [5.41, 5.74) is 1.67. The molecule has 1 aromatic rings. The maximum atomic E-state index is 11.3. The van der Waals surface area contributed by atoms with Crippen molar-refractivity contribution in [2.75, 3.05) is 0 Å². The number of cyclic esters (lactones) is 1. The summed E-state index contributed by atoms with van der Waals surface area (Å²) in [6.07, 6.45) is 1.62. The second kappa shape index (κ2) is 3.99. The van der Waals surface area contributed by atoms with E-state index in [1.54, 1.807) is 37.3 Å². The van der Waals surface area contributed by atoms with Crippen LogP contribution >= 0.6 is 0 Å². The molecule has 4 nitrogen and oxygen atoms in total. The zero-order valence-corrected chi connectivity index (χ0v) is 8.60. The molecule has 0 bridgehead atoms. The molecule has 0 unspecified atom stereocenters. The maximum Gasteiger partial charge on any atom is 0.363 e. The number of carbonyl (C=O) groups is 1. The van der Waals surface area contributed by atoms with Crippen LogP contribution in [0.1, 0.15) is 18.1 Å². The topological polar surface area (TPSA) is 62.5 Å². The third-order valence-electron chi connectivity index (χ3n) is 2.07. The number of hydrogen-bond acceptors (Lipinski definition) is 4. The molecule has 16 heavy (non-hydrogen) atoms. The first-order valence-electron chi connectivity index (χ1n) is 4.68. The summed E-state index contributed by atoms with van der Waals surface area (Å²) in [6, 6.07) is 8.90. The van der Waals surface area contributed by atoms with Crippen LogP contribution in [-0.2, 0) is 9.53 Å². The molecule has 0 amide bonds. The summed E-state index contributed by atoms with van der Waals surface area (Å²) in [5, 5.41) is 8.63. The van der Waals surface area contributed by atoms with Crippen LogP contribution in [0, 0.1) is 11.3 Å². The fraction of sp³-hybridized carbons (Fsp3) is 0.0833. The van der Waals surface area contributed by atoms with Gasteiger partial charge in [-0.2, -0.15) is 5.26 Å². The lowest BCUT2D eigenvalue weighted by Crippen LogP contribution is -1.99. The van der Waals surface area contributed by atoms with Crippen molar-refractivity contribution >= 4 is 17.9 Å². The average molecular weight is 212 g/mol. The quantitative estimate of drug-likeness (QED) is 0.527. The van der Waals surface area contributed by atoms with Gasteiger partial charge in [0.1, 0.15) is 0 Å². The lowest BCUT2D eigenvalue weighted by atomic mass is 10.1. The summed E-state index contributed by atoms with van der Waals surface area (Å²) in [5.74, 6) is -0.0910. The van der Waals surface area contributed by atoms with Crippen LogP contribution < -0.4 is 0 Å². The average Bonchev–Trinajstić information content (AvgIpc) is 2.59. The molecule has 0 aliphatic carbocycles. The van der Waals surface area contributed by atoms with Crippen molar-refractivity contribution in [1.82, 2.24) is 0 Å². The maximum absolute atomic E-state index is 11.3. The van der Waals surface area contributed by atoms with Crippen molar-refractivity contribution in [3.8, 4) is 6.07 Å². The van der Waals surface area contributed by atoms with E-state index in [4.69, 9.17) is 10.00 Å². The highest BCUT2D eigenvalue weighted by Crippen LogP contribution is 2.15. The van der Waals surface area contributed by atoms with Crippen LogP contribution in [0.25, 0.3) is 6.08 Å². The van der Waals surface area contributed by atoms with Crippen LogP contribution in [0.4, 0.5) is 0 Å². The molecule has 1 aliphatic rings. The lowest BCUT2D eigenvalue weighted by Gasteiger charge is -1.94. The zero-order chi connectivity index (χ0) is 11.5. The predicted molar refractivity (Wildman–Crippen MR) is 58.3 cm³/mol. The number of rotatable bonds is 1. The minimum atomic E-state index is -0.443. The Balaban J connectivity index is 2.30. The van der Waals surface area contributed by atoms with Gasteiger partial charge in [-0.05, 0) is 23.8 Å². The van der Waals surface area contributed by atoms with Gasteiger partial charge in [-0.15, -0.1) is 0 Å². The fourth-order valence-corrected chi connectivity index (χ4v) is 1.33. The van der Waals surface area contributed by atoms with E-state index < -0.39 is 5.97 Å². The van der Waals surface area contributed by atoms with Crippen molar-refractivity contribution in [3.63, 3.8) is 0 Å². The molecule has 2 rings (SSSR count). The van der Waals surface area contributed by atoms with Gasteiger partial charge in [0.25, 0.3) is 0 Å². The van der Waals surface area contributed by atoms with Gasteiger partial charge in [0.2, 0.25) is 0 Å². The van der Waals surface area contributed by atoms with E-state index in [0.29, 0.717) is 11.5 Å². The predicted octanol–water partition coefficient (Wildman–Crippen LogP) is 1.87. The third-order valence-corrected chi connectivity index (χ3v) is 2.07. The molecular weight excluding hydrogens is 204 g/mol. The van der Waals surface area contributed by atoms with Gasteiger partial charge in [-0.25, -0.2) is 9.79 Å². The van der Waals surface area contributed by atoms with Gasteiger partial charge in [0, 0.05) is 6.92 Å². The van der Waals surface area contributed by atoms with Crippen LogP contribution in [0.2, 0.25) is 0 Å². The number of nitriles is 1. The van der Waals surface area contributed by atoms with Crippen molar-refractivity contribution in [3.05, 3.63) is 41.1 Å². The standard InChI is InChI=1S/C12H8N2O2/c1-8-14-11(12(15)16-8)6-9-2-4-10(7-13)5-3-9/h2-6H,1H3. The highest BCUT2D eigenvalue weighted by atomic mass is 16.6. The number of nitrogens with zero attached hydrogens (tertiary/aromatic N) is 2. The minimum absolute atomic E-state index is 0.280. The summed E-state index contributed by atoms with van der Waals surface area (Å²) < 4.78 is 4.78. The molecule has 0 N–H and O–H groups in total. The van der Waals surface area contributed by atoms with Gasteiger partial charge in [-0.1, -0.05) is 12.1 Å². The number of hydrogen-bond donors (Lipinski definition) is 0. The molecular formula is C12H8N2O2. The molecule has 0 aromatic heterocycles. The molecule has 4 heteroatoms. The summed E-state index contributed by atoms with van der Waals surface area (Å²) in [6.45, 7) is 1.62. The summed E-state index contributed by atoms with van der Waals surface area (Å²) in [4.78, 5) is 15.2. The Labute approximate surface area is 92.5 Å². The molecule has 1 heterocycles. The fourth-order valence-electron chi connectivity index (χ4n) is 1.33. The van der Waals surface area contributed by atoms with E-state index in [-0.39, 0.29) is 5.70 Å².